The smallest absolute Gasteiger partial charge is 0.448 e. The van der Waals surface area contributed by atoms with Crippen LogP contribution in [0.25, 0.3) is 0 Å². The minimum absolute atomic E-state index is 0.0662. The van der Waals surface area contributed by atoms with Gasteiger partial charge < -0.3 is 20.0 Å². The van der Waals surface area contributed by atoms with Gasteiger partial charge in [-0.15, -0.1) is 0 Å². The minimum atomic E-state index is -4.66. The van der Waals surface area contributed by atoms with Crippen LogP contribution in [-0.4, -0.2) is 31.5 Å². The third-order valence-corrected chi connectivity index (χ3v) is 3.96. The van der Waals surface area contributed by atoms with Crippen molar-refractivity contribution in [1.29, 1.82) is 0 Å². The fourth-order valence-corrected chi connectivity index (χ4v) is 2.92. The van der Waals surface area contributed by atoms with Crippen molar-refractivity contribution in [2.75, 3.05) is 0 Å². The van der Waals surface area contributed by atoms with Gasteiger partial charge in [-0.3, -0.25) is 4.79 Å². The van der Waals surface area contributed by atoms with Crippen molar-refractivity contribution in [3.63, 3.8) is 0 Å². The average molecular weight is 351 g/mol. The summed E-state index contributed by atoms with van der Waals surface area (Å²) in [4.78, 5) is 30.2. The quantitative estimate of drug-likeness (QED) is 0.583. The van der Waals surface area contributed by atoms with E-state index in [1.807, 2.05) is 6.07 Å². The number of benzene rings is 1. The summed E-state index contributed by atoms with van der Waals surface area (Å²) in [6.07, 6.45) is 4.91. The second-order valence-corrected chi connectivity index (χ2v) is 6.66. The first kappa shape index (κ1) is 18.1. The van der Waals surface area contributed by atoms with E-state index < -0.39 is 13.7 Å². The van der Waals surface area contributed by atoms with Crippen molar-refractivity contribution in [1.82, 2.24) is 0 Å². The van der Waals surface area contributed by atoms with E-state index in [0.29, 0.717) is 12.8 Å². The standard InChI is InChI=1S/C16H18NO6P/c18-12-5-1-3-11(9-12)4-2-6-16(20)14-10-13(19)7-8-15(14)17-24(21,22)23/h1,3,5,7-10,14,18-19H,2,4,6H2,(H2,21,22,23). The van der Waals surface area contributed by atoms with E-state index in [1.165, 1.54) is 18.2 Å². The number of rotatable bonds is 6. The Labute approximate surface area is 138 Å². The Balaban J connectivity index is 2.02. The van der Waals surface area contributed by atoms with Crippen molar-refractivity contribution < 1.29 is 29.4 Å². The highest BCUT2D eigenvalue weighted by atomic mass is 31.2. The first-order valence-corrected chi connectivity index (χ1v) is 8.86. The molecule has 1 aliphatic carbocycles. The van der Waals surface area contributed by atoms with Crippen LogP contribution in [-0.2, 0) is 15.8 Å². The molecule has 8 heteroatoms. The molecule has 4 N–H and O–H groups in total. The highest BCUT2D eigenvalue weighted by molar-refractivity contribution is 7.50. The molecule has 0 saturated carbocycles. The van der Waals surface area contributed by atoms with Crippen molar-refractivity contribution in [3.8, 4) is 5.75 Å². The number of aromatic hydroxyl groups is 1. The van der Waals surface area contributed by atoms with Gasteiger partial charge in [0.05, 0.1) is 11.6 Å². The lowest BCUT2D eigenvalue weighted by molar-refractivity contribution is -0.120. The Kier molecular flexibility index (Phi) is 5.72. The number of allylic oxidation sites excluding steroid dienone is 3. The van der Waals surface area contributed by atoms with Crippen LogP contribution in [0, 0.1) is 5.92 Å². The van der Waals surface area contributed by atoms with Gasteiger partial charge in [-0.25, -0.2) is 4.57 Å². The Morgan fingerprint density at radius 2 is 1.96 bits per heavy atom. The van der Waals surface area contributed by atoms with E-state index in [4.69, 9.17) is 9.79 Å². The largest absolute Gasteiger partial charge is 0.508 e. The molecular formula is C16H18NO6P. The van der Waals surface area contributed by atoms with Crippen LogP contribution in [0.4, 0.5) is 0 Å². The molecule has 0 spiro atoms. The SMILES string of the molecule is O=C(CCCc1cccc(O)c1)C1C=C(O)C=CC1=NP(=O)(O)O. The summed E-state index contributed by atoms with van der Waals surface area (Å²) in [5.41, 5.74) is 0.817. The maximum absolute atomic E-state index is 12.3. The van der Waals surface area contributed by atoms with Gasteiger partial charge in [0.2, 0.25) is 0 Å². The summed E-state index contributed by atoms with van der Waals surface area (Å²) in [6, 6.07) is 6.71. The van der Waals surface area contributed by atoms with Crippen LogP contribution in [0.5, 0.6) is 5.75 Å². The number of carbonyl (C=O) groups excluding carboxylic acids is 1. The molecule has 0 fully saturated rings. The number of phenolic OH excluding ortho intramolecular Hbond substituents is 1. The molecular weight excluding hydrogens is 333 g/mol. The fraction of sp³-hybridized carbons (Fsp3) is 0.250. The third kappa shape index (κ3) is 5.45. The van der Waals surface area contributed by atoms with Gasteiger partial charge >= 0.3 is 7.75 Å². The molecule has 0 aliphatic heterocycles. The maximum atomic E-state index is 12.3. The number of Topliss-reactive ketones (excluding diaryl/α,β-unsaturated/α-hetero) is 1. The predicted molar refractivity (Wildman–Crippen MR) is 88.9 cm³/mol. The van der Waals surface area contributed by atoms with Gasteiger partial charge in [0.15, 0.2) is 0 Å². The number of aliphatic hydroxyl groups is 1. The normalized spacial score (nSPS) is 19.3. The molecule has 0 saturated heterocycles. The lowest BCUT2D eigenvalue weighted by Crippen LogP contribution is -2.23. The zero-order valence-corrected chi connectivity index (χ0v) is 13.6. The van der Waals surface area contributed by atoms with Crippen molar-refractivity contribution in [3.05, 3.63) is 53.8 Å². The lowest BCUT2D eigenvalue weighted by Gasteiger charge is -2.16. The van der Waals surface area contributed by atoms with Crippen molar-refractivity contribution in [2.24, 2.45) is 10.7 Å². The Bertz CT molecular complexity index is 762. The van der Waals surface area contributed by atoms with E-state index in [-0.39, 0.29) is 29.4 Å². The number of phenols is 1. The van der Waals surface area contributed by atoms with Crippen LogP contribution in [0.15, 0.2) is 53.0 Å². The minimum Gasteiger partial charge on any atom is -0.508 e. The van der Waals surface area contributed by atoms with E-state index in [0.717, 1.165) is 5.56 Å². The number of aryl methyl sites for hydroxylation is 1. The third-order valence-electron chi connectivity index (χ3n) is 3.47. The topological polar surface area (TPSA) is 127 Å². The monoisotopic (exact) mass is 351 g/mol. The highest BCUT2D eigenvalue weighted by Gasteiger charge is 2.26. The molecule has 0 radical (unpaired) electrons. The predicted octanol–water partition coefficient (Wildman–Crippen LogP) is 2.45. The van der Waals surface area contributed by atoms with E-state index in [2.05, 4.69) is 4.76 Å². The Morgan fingerprint density at radius 3 is 2.62 bits per heavy atom. The van der Waals surface area contributed by atoms with Gasteiger partial charge in [-0.05, 0) is 48.8 Å². The van der Waals surface area contributed by atoms with Gasteiger partial charge in [-0.1, -0.05) is 12.1 Å². The summed E-state index contributed by atoms with van der Waals surface area (Å²) in [5.74, 6) is -1.27. The summed E-state index contributed by atoms with van der Waals surface area (Å²) < 4.78 is 14.3. The highest BCUT2D eigenvalue weighted by Crippen LogP contribution is 2.38. The second kappa shape index (κ2) is 7.57. The molecule has 7 nitrogen and oxygen atoms in total. The van der Waals surface area contributed by atoms with Gasteiger partial charge in [0, 0.05) is 6.42 Å². The summed E-state index contributed by atoms with van der Waals surface area (Å²) in [7, 11) is -4.66. The summed E-state index contributed by atoms with van der Waals surface area (Å²) in [5, 5.41) is 18.9. The lowest BCUT2D eigenvalue weighted by atomic mass is 9.90. The number of nitrogens with zero attached hydrogens (tertiary/aromatic N) is 1. The molecule has 0 bridgehead atoms. The van der Waals surface area contributed by atoms with Crippen molar-refractivity contribution >= 4 is 19.2 Å². The van der Waals surface area contributed by atoms with E-state index in [9.17, 15) is 19.6 Å². The van der Waals surface area contributed by atoms with E-state index >= 15 is 0 Å². The zero-order chi connectivity index (χ0) is 17.7. The van der Waals surface area contributed by atoms with Crippen LogP contribution < -0.4 is 0 Å². The molecule has 1 atom stereocenters. The molecule has 1 unspecified atom stereocenters. The number of carbonyl (C=O) groups is 1. The first-order chi connectivity index (χ1) is 11.2. The average Bonchev–Trinajstić information content (AvgIpc) is 2.47. The van der Waals surface area contributed by atoms with Crippen LogP contribution in [0.2, 0.25) is 0 Å². The fourth-order valence-electron chi connectivity index (χ4n) is 2.42. The number of aliphatic hydroxyl groups excluding tert-OH is 1. The van der Waals surface area contributed by atoms with Gasteiger partial charge in [0.25, 0.3) is 0 Å². The van der Waals surface area contributed by atoms with Crippen LogP contribution in [0.3, 0.4) is 0 Å². The summed E-state index contributed by atoms with van der Waals surface area (Å²) >= 11 is 0. The number of hydrogen-bond donors (Lipinski definition) is 4. The van der Waals surface area contributed by atoms with Crippen molar-refractivity contribution in [2.45, 2.75) is 19.3 Å². The molecule has 24 heavy (non-hydrogen) atoms. The van der Waals surface area contributed by atoms with Crippen LogP contribution in [0.1, 0.15) is 18.4 Å². The Hall–Kier alpha value is -2.21. The molecule has 0 heterocycles. The number of hydrogen-bond acceptors (Lipinski definition) is 4. The molecule has 0 aromatic heterocycles. The molecule has 2 rings (SSSR count). The Morgan fingerprint density at radius 1 is 1.21 bits per heavy atom. The maximum Gasteiger partial charge on any atom is 0.448 e. The van der Waals surface area contributed by atoms with Gasteiger partial charge in [0.1, 0.15) is 17.3 Å². The molecule has 1 aromatic rings. The van der Waals surface area contributed by atoms with Gasteiger partial charge in [-0.2, -0.15) is 4.76 Å². The van der Waals surface area contributed by atoms with Crippen LogP contribution >= 0.6 is 7.75 Å². The molecule has 1 aliphatic rings. The molecule has 128 valence electrons. The molecule has 0 amide bonds. The second-order valence-electron chi connectivity index (χ2n) is 5.43. The number of ketones is 1. The molecule has 1 aromatic carbocycles. The first-order valence-electron chi connectivity index (χ1n) is 7.30. The zero-order valence-electron chi connectivity index (χ0n) is 12.7. The van der Waals surface area contributed by atoms with E-state index in [1.54, 1.807) is 18.2 Å². The summed E-state index contributed by atoms with van der Waals surface area (Å²) in [6.45, 7) is 0.